The normalized spacial score (nSPS) is 12.5. The summed E-state index contributed by atoms with van der Waals surface area (Å²) < 4.78 is 35.2. The summed E-state index contributed by atoms with van der Waals surface area (Å²) in [5, 5.41) is 11.0. The van der Waals surface area contributed by atoms with Crippen molar-refractivity contribution in [2.45, 2.75) is 25.6 Å². The second kappa shape index (κ2) is 4.69. The molecule has 0 aliphatic heterocycles. The molecule has 0 fully saturated rings. The molecule has 2 N–H and O–H groups in total. The second-order valence-electron chi connectivity index (χ2n) is 3.94. The van der Waals surface area contributed by atoms with Crippen LogP contribution in [0, 0.1) is 0 Å². The van der Waals surface area contributed by atoms with E-state index < -0.39 is 24.4 Å². The van der Waals surface area contributed by atoms with E-state index in [9.17, 15) is 23.1 Å². The molecule has 90 valence electrons. The Hall–Kier alpha value is -0.980. The molecule has 0 saturated carbocycles. The first kappa shape index (κ1) is 14.0. The zero-order valence-electron chi connectivity index (χ0n) is 8.85. The van der Waals surface area contributed by atoms with E-state index >= 15 is 0 Å². The summed E-state index contributed by atoms with van der Waals surface area (Å²) in [6, 6.07) is -0.866. The molecule has 15 heavy (non-hydrogen) atoms. The molecule has 2 amide bonds. The van der Waals surface area contributed by atoms with Crippen molar-refractivity contribution in [1.82, 2.24) is 10.2 Å². The maximum atomic E-state index is 11.7. The maximum Gasteiger partial charge on any atom is 0.405 e. The van der Waals surface area contributed by atoms with Crippen molar-refractivity contribution in [3.8, 4) is 0 Å². The highest BCUT2D eigenvalue weighted by Crippen LogP contribution is 2.12. The highest BCUT2D eigenvalue weighted by atomic mass is 19.4. The molecular weight excluding hydrogens is 213 g/mol. The Bertz CT molecular complexity index is 223. The number of aliphatic hydroxyl groups is 1. The van der Waals surface area contributed by atoms with Gasteiger partial charge in [-0.25, -0.2) is 4.79 Å². The summed E-state index contributed by atoms with van der Waals surface area (Å²) in [6.07, 6.45) is -4.43. The number of halogens is 3. The summed E-state index contributed by atoms with van der Waals surface area (Å²) in [5.74, 6) is 0. The average Bonchev–Trinajstić information content (AvgIpc) is 1.95. The molecule has 4 nitrogen and oxygen atoms in total. The van der Waals surface area contributed by atoms with Crippen molar-refractivity contribution in [1.29, 1.82) is 0 Å². The fraction of sp³-hybridized carbons (Fsp3) is 0.875. The van der Waals surface area contributed by atoms with Gasteiger partial charge in [0.2, 0.25) is 0 Å². The Morgan fingerprint density at radius 3 is 2.20 bits per heavy atom. The van der Waals surface area contributed by atoms with Crippen LogP contribution in [0.5, 0.6) is 0 Å². The van der Waals surface area contributed by atoms with Crippen molar-refractivity contribution in [2.24, 2.45) is 0 Å². The Morgan fingerprint density at radius 1 is 1.40 bits per heavy atom. The summed E-state index contributed by atoms with van der Waals surface area (Å²) in [6.45, 7) is 1.50. The van der Waals surface area contributed by atoms with Crippen LogP contribution in [-0.2, 0) is 0 Å². The number of alkyl halides is 3. The van der Waals surface area contributed by atoms with E-state index in [-0.39, 0.29) is 6.54 Å². The van der Waals surface area contributed by atoms with Crippen LogP contribution in [0.15, 0.2) is 0 Å². The Kier molecular flexibility index (Phi) is 4.39. The average molecular weight is 228 g/mol. The van der Waals surface area contributed by atoms with Gasteiger partial charge in [0.05, 0.1) is 12.1 Å². The van der Waals surface area contributed by atoms with Crippen LogP contribution >= 0.6 is 0 Å². The van der Waals surface area contributed by atoms with E-state index in [1.54, 1.807) is 5.32 Å². The SMILES string of the molecule is CN(CC(C)(C)O)C(=O)NCC(F)(F)F. The van der Waals surface area contributed by atoms with Crippen LogP contribution in [0.3, 0.4) is 0 Å². The minimum Gasteiger partial charge on any atom is -0.389 e. The van der Waals surface area contributed by atoms with E-state index in [0.717, 1.165) is 4.90 Å². The third-order valence-corrected chi connectivity index (χ3v) is 1.41. The van der Waals surface area contributed by atoms with Gasteiger partial charge in [-0.1, -0.05) is 0 Å². The number of carbonyl (C=O) groups is 1. The van der Waals surface area contributed by atoms with Crippen LogP contribution in [-0.4, -0.2) is 48.0 Å². The van der Waals surface area contributed by atoms with Crippen LogP contribution in [0.1, 0.15) is 13.8 Å². The number of likely N-dealkylation sites (N-methyl/N-ethyl adjacent to an activating group) is 1. The molecule has 0 atom stereocenters. The lowest BCUT2D eigenvalue weighted by molar-refractivity contribution is -0.123. The van der Waals surface area contributed by atoms with Crippen LogP contribution in [0.25, 0.3) is 0 Å². The smallest absolute Gasteiger partial charge is 0.389 e. The van der Waals surface area contributed by atoms with Gasteiger partial charge in [-0.15, -0.1) is 0 Å². The predicted molar refractivity (Wildman–Crippen MR) is 48.4 cm³/mol. The Labute approximate surface area is 86.1 Å². The monoisotopic (exact) mass is 228 g/mol. The van der Waals surface area contributed by atoms with Gasteiger partial charge in [-0.05, 0) is 13.8 Å². The van der Waals surface area contributed by atoms with Gasteiger partial charge >= 0.3 is 12.2 Å². The zero-order chi connectivity index (χ0) is 12.3. The number of urea groups is 1. The highest BCUT2D eigenvalue weighted by molar-refractivity contribution is 5.73. The number of amides is 2. The molecule has 0 heterocycles. The van der Waals surface area contributed by atoms with Gasteiger partial charge in [-0.3, -0.25) is 0 Å². The zero-order valence-corrected chi connectivity index (χ0v) is 8.85. The van der Waals surface area contributed by atoms with Gasteiger partial charge in [0.25, 0.3) is 0 Å². The Morgan fingerprint density at radius 2 is 1.87 bits per heavy atom. The molecular formula is C8H15F3N2O2. The summed E-state index contributed by atoms with van der Waals surface area (Å²) in [5.41, 5.74) is -1.13. The lowest BCUT2D eigenvalue weighted by atomic mass is 10.1. The van der Waals surface area contributed by atoms with Crippen molar-refractivity contribution in [3.63, 3.8) is 0 Å². The highest BCUT2D eigenvalue weighted by Gasteiger charge is 2.29. The lowest BCUT2D eigenvalue weighted by Gasteiger charge is -2.25. The van der Waals surface area contributed by atoms with Gasteiger partial charge in [-0.2, -0.15) is 13.2 Å². The number of rotatable bonds is 3. The molecule has 0 rings (SSSR count). The molecule has 0 radical (unpaired) electrons. The number of hydrogen-bond donors (Lipinski definition) is 2. The third kappa shape index (κ3) is 8.04. The Balaban J connectivity index is 4.01. The maximum absolute atomic E-state index is 11.7. The largest absolute Gasteiger partial charge is 0.405 e. The first-order valence-corrected chi connectivity index (χ1v) is 4.29. The summed E-state index contributed by atoms with van der Waals surface area (Å²) >= 11 is 0. The van der Waals surface area contributed by atoms with Gasteiger partial charge in [0.15, 0.2) is 0 Å². The van der Waals surface area contributed by atoms with Crippen LogP contribution < -0.4 is 5.32 Å². The standard InChI is InChI=1S/C8H15F3N2O2/c1-7(2,15)5-13(3)6(14)12-4-8(9,10)11/h15H,4-5H2,1-3H3,(H,12,14). The summed E-state index contributed by atoms with van der Waals surface area (Å²) in [4.78, 5) is 12.1. The molecule has 0 aromatic heterocycles. The minimum atomic E-state index is -4.43. The first-order valence-electron chi connectivity index (χ1n) is 4.29. The van der Waals surface area contributed by atoms with E-state index in [1.165, 1.54) is 20.9 Å². The molecule has 0 unspecified atom stereocenters. The topological polar surface area (TPSA) is 52.6 Å². The van der Waals surface area contributed by atoms with E-state index in [2.05, 4.69) is 0 Å². The lowest BCUT2D eigenvalue weighted by Crippen LogP contribution is -2.46. The van der Waals surface area contributed by atoms with E-state index in [4.69, 9.17) is 0 Å². The fourth-order valence-electron chi connectivity index (χ4n) is 0.963. The van der Waals surface area contributed by atoms with Crippen molar-refractivity contribution < 1.29 is 23.1 Å². The molecule has 0 saturated heterocycles. The van der Waals surface area contributed by atoms with E-state index in [1.807, 2.05) is 0 Å². The number of carbonyl (C=O) groups excluding carboxylic acids is 1. The molecule has 0 bridgehead atoms. The molecule has 0 spiro atoms. The van der Waals surface area contributed by atoms with Crippen molar-refractivity contribution >= 4 is 6.03 Å². The van der Waals surface area contributed by atoms with Gasteiger partial charge < -0.3 is 15.3 Å². The van der Waals surface area contributed by atoms with Crippen molar-refractivity contribution in [3.05, 3.63) is 0 Å². The predicted octanol–water partition coefficient (Wildman–Crippen LogP) is 0.961. The molecule has 0 aromatic carbocycles. The third-order valence-electron chi connectivity index (χ3n) is 1.41. The van der Waals surface area contributed by atoms with E-state index in [0.29, 0.717) is 0 Å². The molecule has 0 aliphatic carbocycles. The number of nitrogens with zero attached hydrogens (tertiary/aromatic N) is 1. The first-order chi connectivity index (χ1) is 6.51. The van der Waals surface area contributed by atoms with Gasteiger partial charge in [0, 0.05) is 7.05 Å². The molecule has 0 aromatic rings. The van der Waals surface area contributed by atoms with Crippen molar-refractivity contribution in [2.75, 3.05) is 20.1 Å². The van der Waals surface area contributed by atoms with Crippen LogP contribution in [0.2, 0.25) is 0 Å². The van der Waals surface area contributed by atoms with Crippen LogP contribution in [0.4, 0.5) is 18.0 Å². The molecule has 7 heteroatoms. The number of nitrogens with one attached hydrogen (secondary N) is 1. The van der Waals surface area contributed by atoms with Gasteiger partial charge in [0.1, 0.15) is 6.54 Å². The quantitative estimate of drug-likeness (QED) is 0.756. The number of hydrogen-bond acceptors (Lipinski definition) is 2. The molecule has 0 aliphatic rings. The summed E-state index contributed by atoms with van der Waals surface area (Å²) in [7, 11) is 1.31. The minimum absolute atomic E-state index is 0.0449. The second-order valence-corrected chi connectivity index (χ2v) is 3.94. The fourth-order valence-corrected chi connectivity index (χ4v) is 0.963.